The van der Waals surface area contributed by atoms with Crippen LogP contribution in [0.1, 0.15) is 29.6 Å². The summed E-state index contributed by atoms with van der Waals surface area (Å²) in [4.78, 5) is 29.2. The summed E-state index contributed by atoms with van der Waals surface area (Å²) in [6, 6.07) is 15.3. The second kappa shape index (κ2) is 10.3. The molecule has 0 bridgehead atoms. The van der Waals surface area contributed by atoms with Gasteiger partial charge < -0.3 is 25.2 Å². The molecule has 0 atom stereocenters. The maximum absolute atomic E-state index is 12.6. The Kier molecular flexibility index (Phi) is 7.04. The first-order valence-corrected chi connectivity index (χ1v) is 11.0. The lowest BCUT2D eigenvalue weighted by Gasteiger charge is -2.28. The minimum atomic E-state index is -0.129. The van der Waals surface area contributed by atoms with E-state index in [-0.39, 0.29) is 18.4 Å². The van der Waals surface area contributed by atoms with E-state index >= 15 is 0 Å². The van der Waals surface area contributed by atoms with Crippen LogP contribution in [0.2, 0.25) is 0 Å². The highest BCUT2D eigenvalue weighted by atomic mass is 16.5. The number of anilines is 3. The number of carbonyl (C=O) groups is 2. The predicted molar refractivity (Wildman–Crippen MR) is 123 cm³/mol. The fourth-order valence-corrected chi connectivity index (χ4v) is 4.01. The summed E-state index contributed by atoms with van der Waals surface area (Å²) >= 11 is 0. The molecule has 2 aliphatic heterocycles. The number of hydrogen-bond acceptors (Lipinski definition) is 5. The zero-order chi connectivity index (χ0) is 21.5. The monoisotopic (exact) mass is 422 g/mol. The van der Waals surface area contributed by atoms with Crippen LogP contribution < -0.4 is 15.5 Å². The van der Waals surface area contributed by atoms with Crippen molar-refractivity contribution < 1.29 is 14.3 Å². The van der Waals surface area contributed by atoms with Gasteiger partial charge in [0.1, 0.15) is 0 Å². The minimum Gasteiger partial charge on any atom is -0.378 e. The molecule has 7 nitrogen and oxygen atoms in total. The van der Waals surface area contributed by atoms with E-state index in [1.54, 1.807) is 17.0 Å². The minimum absolute atomic E-state index is 0.00908. The molecule has 2 fully saturated rings. The molecule has 2 amide bonds. The van der Waals surface area contributed by atoms with E-state index in [1.807, 2.05) is 24.3 Å². The van der Waals surface area contributed by atoms with Crippen molar-refractivity contribution in [2.75, 3.05) is 61.5 Å². The Bertz CT molecular complexity index is 888. The van der Waals surface area contributed by atoms with Crippen LogP contribution in [0.3, 0.4) is 0 Å². The number of amides is 2. The quantitative estimate of drug-likeness (QED) is 0.748. The van der Waals surface area contributed by atoms with Crippen molar-refractivity contribution in [1.29, 1.82) is 0 Å². The summed E-state index contributed by atoms with van der Waals surface area (Å²) in [5.41, 5.74) is 3.34. The predicted octanol–water partition coefficient (Wildman–Crippen LogP) is 3.20. The molecule has 164 valence electrons. The fraction of sp³-hybridized carbons (Fsp3) is 0.417. The smallest absolute Gasteiger partial charge is 0.254 e. The van der Waals surface area contributed by atoms with Gasteiger partial charge in [-0.3, -0.25) is 9.59 Å². The van der Waals surface area contributed by atoms with Gasteiger partial charge in [-0.15, -0.1) is 0 Å². The standard InChI is InChI=1S/C24H30N4O3/c29-23(26-20-7-9-22(10-8-20)27-11-2-1-3-12-27)18-25-21-6-4-5-19(17-21)24(30)28-13-15-31-16-14-28/h4-10,17,25H,1-3,11-16,18H2,(H,26,29). The maximum Gasteiger partial charge on any atom is 0.254 e. The van der Waals surface area contributed by atoms with Crippen LogP contribution >= 0.6 is 0 Å². The van der Waals surface area contributed by atoms with Gasteiger partial charge >= 0.3 is 0 Å². The van der Waals surface area contributed by atoms with Gasteiger partial charge in [0.25, 0.3) is 5.91 Å². The molecule has 0 radical (unpaired) electrons. The van der Waals surface area contributed by atoms with Crippen molar-refractivity contribution in [3.05, 3.63) is 54.1 Å². The number of hydrogen-bond donors (Lipinski definition) is 2. The average molecular weight is 423 g/mol. The topological polar surface area (TPSA) is 73.9 Å². The second-order valence-corrected chi connectivity index (χ2v) is 7.98. The van der Waals surface area contributed by atoms with Crippen LogP contribution in [0, 0.1) is 0 Å². The first-order valence-electron chi connectivity index (χ1n) is 11.0. The molecule has 2 N–H and O–H groups in total. The third-order valence-electron chi connectivity index (χ3n) is 5.73. The number of nitrogens with zero attached hydrogens (tertiary/aromatic N) is 2. The van der Waals surface area contributed by atoms with Gasteiger partial charge in [-0.05, 0) is 61.7 Å². The molecule has 4 rings (SSSR count). The highest BCUT2D eigenvalue weighted by molar-refractivity contribution is 5.96. The first-order chi connectivity index (χ1) is 15.2. The Morgan fingerprint density at radius 2 is 1.61 bits per heavy atom. The van der Waals surface area contributed by atoms with E-state index in [4.69, 9.17) is 4.74 Å². The summed E-state index contributed by atoms with van der Waals surface area (Å²) in [6.45, 7) is 4.69. The van der Waals surface area contributed by atoms with Crippen LogP contribution in [0.4, 0.5) is 17.1 Å². The Hall–Kier alpha value is -3.06. The van der Waals surface area contributed by atoms with E-state index in [2.05, 4.69) is 27.7 Å². The molecule has 0 saturated carbocycles. The Morgan fingerprint density at radius 3 is 2.35 bits per heavy atom. The molecule has 2 heterocycles. The van der Waals surface area contributed by atoms with Crippen molar-refractivity contribution >= 4 is 28.9 Å². The van der Waals surface area contributed by atoms with Crippen LogP contribution in [0.5, 0.6) is 0 Å². The van der Waals surface area contributed by atoms with Crippen molar-refractivity contribution in [3.8, 4) is 0 Å². The summed E-state index contributed by atoms with van der Waals surface area (Å²) < 4.78 is 5.31. The molecule has 0 unspecified atom stereocenters. The largest absolute Gasteiger partial charge is 0.378 e. The number of nitrogens with one attached hydrogen (secondary N) is 2. The van der Waals surface area contributed by atoms with Crippen molar-refractivity contribution in [1.82, 2.24) is 4.90 Å². The summed E-state index contributed by atoms with van der Waals surface area (Å²) in [5, 5.41) is 6.03. The number of morpholine rings is 1. The molecular formula is C24H30N4O3. The van der Waals surface area contributed by atoms with E-state index in [0.29, 0.717) is 31.9 Å². The molecule has 2 aromatic carbocycles. The van der Waals surface area contributed by atoms with Gasteiger partial charge in [0, 0.05) is 48.8 Å². The van der Waals surface area contributed by atoms with E-state index in [0.717, 1.165) is 24.5 Å². The van der Waals surface area contributed by atoms with Crippen molar-refractivity contribution in [2.24, 2.45) is 0 Å². The molecule has 0 aliphatic carbocycles. The number of carbonyl (C=O) groups excluding carboxylic acids is 2. The molecular weight excluding hydrogens is 392 g/mol. The fourth-order valence-electron chi connectivity index (χ4n) is 4.01. The molecule has 2 saturated heterocycles. The van der Waals surface area contributed by atoms with Gasteiger partial charge in [-0.25, -0.2) is 0 Å². The van der Waals surface area contributed by atoms with Gasteiger partial charge in [-0.1, -0.05) is 6.07 Å². The zero-order valence-electron chi connectivity index (χ0n) is 17.8. The number of rotatable bonds is 6. The van der Waals surface area contributed by atoms with Gasteiger partial charge in [0.15, 0.2) is 0 Å². The van der Waals surface area contributed by atoms with E-state index in [1.165, 1.54) is 24.9 Å². The lowest BCUT2D eigenvalue weighted by atomic mass is 10.1. The van der Waals surface area contributed by atoms with Crippen LogP contribution in [-0.4, -0.2) is 62.7 Å². The zero-order valence-corrected chi connectivity index (χ0v) is 17.8. The molecule has 2 aliphatic rings. The van der Waals surface area contributed by atoms with Crippen molar-refractivity contribution in [3.63, 3.8) is 0 Å². The Balaban J connectivity index is 1.28. The SMILES string of the molecule is O=C(CNc1cccc(C(=O)N2CCOCC2)c1)Nc1ccc(N2CCCCC2)cc1. The molecule has 0 aromatic heterocycles. The summed E-state index contributed by atoms with van der Waals surface area (Å²) in [5.74, 6) is -0.138. The summed E-state index contributed by atoms with van der Waals surface area (Å²) in [6.07, 6.45) is 3.79. The lowest BCUT2D eigenvalue weighted by molar-refractivity contribution is -0.114. The molecule has 7 heteroatoms. The third kappa shape index (κ3) is 5.76. The Labute approximate surface area is 183 Å². The van der Waals surface area contributed by atoms with E-state index in [9.17, 15) is 9.59 Å². The van der Waals surface area contributed by atoms with Gasteiger partial charge in [0.2, 0.25) is 5.91 Å². The van der Waals surface area contributed by atoms with E-state index < -0.39 is 0 Å². The third-order valence-corrected chi connectivity index (χ3v) is 5.73. The lowest BCUT2D eigenvalue weighted by Crippen LogP contribution is -2.40. The highest BCUT2D eigenvalue weighted by Crippen LogP contribution is 2.22. The van der Waals surface area contributed by atoms with Gasteiger partial charge in [-0.2, -0.15) is 0 Å². The number of piperidine rings is 1. The number of ether oxygens (including phenoxy) is 1. The van der Waals surface area contributed by atoms with Crippen LogP contribution in [-0.2, 0) is 9.53 Å². The maximum atomic E-state index is 12.6. The summed E-state index contributed by atoms with van der Waals surface area (Å²) in [7, 11) is 0. The second-order valence-electron chi connectivity index (χ2n) is 7.98. The van der Waals surface area contributed by atoms with Crippen LogP contribution in [0.25, 0.3) is 0 Å². The molecule has 0 spiro atoms. The average Bonchev–Trinajstić information content (AvgIpc) is 2.84. The van der Waals surface area contributed by atoms with Crippen LogP contribution in [0.15, 0.2) is 48.5 Å². The Morgan fingerprint density at radius 1 is 0.871 bits per heavy atom. The van der Waals surface area contributed by atoms with Crippen molar-refractivity contribution in [2.45, 2.75) is 19.3 Å². The molecule has 2 aromatic rings. The number of benzene rings is 2. The molecule has 31 heavy (non-hydrogen) atoms. The van der Waals surface area contributed by atoms with Gasteiger partial charge in [0.05, 0.1) is 19.8 Å². The normalized spacial score (nSPS) is 16.6. The first kappa shape index (κ1) is 21.2. The highest BCUT2D eigenvalue weighted by Gasteiger charge is 2.18.